The SMILES string of the molecule is CCC(N)(C#N)CCCN1CCCC(N(C)C)C1. The molecule has 1 saturated heterocycles. The molecule has 1 heterocycles. The van der Waals surface area contributed by atoms with Crippen LogP contribution in [0, 0.1) is 11.3 Å². The lowest BCUT2D eigenvalue weighted by atomic mass is 9.93. The van der Waals surface area contributed by atoms with Gasteiger partial charge in [-0.2, -0.15) is 5.26 Å². The Morgan fingerprint density at radius 3 is 2.78 bits per heavy atom. The van der Waals surface area contributed by atoms with E-state index in [4.69, 9.17) is 11.0 Å². The van der Waals surface area contributed by atoms with E-state index < -0.39 is 5.54 Å². The minimum absolute atomic E-state index is 0.614. The van der Waals surface area contributed by atoms with Crippen LogP contribution >= 0.6 is 0 Å². The van der Waals surface area contributed by atoms with Gasteiger partial charge in [0.15, 0.2) is 0 Å². The highest BCUT2D eigenvalue weighted by Gasteiger charge is 2.24. The van der Waals surface area contributed by atoms with Gasteiger partial charge in [-0.05, 0) is 59.3 Å². The zero-order valence-corrected chi connectivity index (χ0v) is 12.2. The second-order valence-electron chi connectivity index (χ2n) is 5.79. The first-order valence-corrected chi connectivity index (χ1v) is 7.09. The monoisotopic (exact) mass is 252 g/mol. The van der Waals surface area contributed by atoms with Crippen molar-refractivity contribution >= 4 is 0 Å². The zero-order valence-electron chi connectivity index (χ0n) is 12.2. The summed E-state index contributed by atoms with van der Waals surface area (Å²) >= 11 is 0. The number of rotatable bonds is 6. The molecule has 1 fully saturated rings. The van der Waals surface area contributed by atoms with Gasteiger partial charge in [0.25, 0.3) is 0 Å². The summed E-state index contributed by atoms with van der Waals surface area (Å²) in [7, 11) is 4.32. The molecule has 2 N–H and O–H groups in total. The lowest BCUT2D eigenvalue weighted by Gasteiger charge is -2.36. The van der Waals surface area contributed by atoms with Crippen LogP contribution < -0.4 is 5.73 Å². The third-order valence-electron chi connectivity index (χ3n) is 4.16. The number of nitriles is 1. The second kappa shape index (κ2) is 7.08. The molecule has 2 unspecified atom stereocenters. The van der Waals surface area contributed by atoms with Crippen molar-refractivity contribution in [1.82, 2.24) is 9.80 Å². The molecule has 2 atom stereocenters. The van der Waals surface area contributed by atoms with Crippen LogP contribution in [-0.4, -0.2) is 55.1 Å². The van der Waals surface area contributed by atoms with Gasteiger partial charge in [0.1, 0.15) is 5.54 Å². The summed E-state index contributed by atoms with van der Waals surface area (Å²) in [4.78, 5) is 4.84. The Hall–Kier alpha value is -0.630. The maximum atomic E-state index is 9.04. The van der Waals surface area contributed by atoms with E-state index >= 15 is 0 Å². The molecule has 4 heteroatoms. The molecule has 1 aliphatic heterocycles. The maximum Gasteiger partial charge on any atom is 0.104 e. The molecule has 0 bridgehead atoms. The summed E-state index contributed by atoms with van der Waals surface area (Å²) in [5.41, 5.74) is 5.39. The van der Waals surface area contributed by atoms with E-state index in [0.29, 0.717) is 6.04 Å². The first-order chi connectivity index (χ1) is 8.50. The standard InChI is InChI=1S/C14H28N4/c1-4-14(16,12-15)8-6-10-18-9-5-7-13(11-18)17(2)3/h13H,4-11,16H2,1-3H3. The van der Waals surface area contributed by atoms with E-state index in [1.54, 1.807) is 0 Å². The van der Waals surface area contributed by atoms with Gasteiger partial charge in [0, 0.05) is 12.6 Å². The van der Waals surface area contributed by atoms with Crippen LogP contribution in [0.15, 0.2) is 0 Å². The molecule has 0 aliphatic carbocycles. The average molecular weight is 252 g/mol. The summed E-state index contributed by atoms with van der Waals surface area (Å²) in [5, 5.41) is 9.04. The summed E-state index contributed by atoms with van der Waals surface area (Å²) in [6.45, 7) is 5.42. The number of likely N-dealkylation sites (tertiary alicyclic amines) is 1. The molecule has 0 aromatic carbocycles. The predicted molar refractivity (Wildman–Crippen MR) is 75.2 cm³/mol. The topological polar surface area (TPSA) is 56.3 Å². The fourth-order valence-corrected chi connectivity index (χ4v) is 2.59. The zero-order chi connectivity index (χ0) is 13.6. The first-order valence-electron chi connectivity index (χ1n) is 7.09. The highest BCUT2D eigenvalue weighted by Crippen LogP contribution is 2.17. The van der Waals surface area contributed by atoms with Crippen molar-refractivity contribution in [2.24, 2.45) is 5.73 Å². The minimum Gasteiger partial charge on any atom is -0.313 e. The molecular weight excluding hydrogens is 224 g/mol. The van der Waals surface area contributed by atoms with Crippen molar-refractivity contribution in [3.05, 3.63) is 0 Å². The number of hydrogen-bond acceptors (Lipinski definition) is 4. The number of nitrogens with two attached hydrogens (primary N) is 1. The quantitative estimate of drug-likeness (QED) is 0.777. The van der Waals surface area contributed by atoms with E-state index in [2.05, 4.69) is 30.0 Å². The Kier molecular flexibility index (Phi) is 6.07. The van der Waals surface area contributed by atoms with Crippen molar-refractivity contribution in [1.29, 1.82) is 5.26 Å². The van der Waals surface area contributed by atoms with Gasteiger partial charge in [0.05, 0.1) is 6.07 Å². The molecule has 0 amide bonds. The van der Waals surface area contributed by atoms with Crippen molar-refractivity contribution < 1.29 is 0 Å². The molecule has 0 spiro atoms. The van der Waals surface area contributed by atoms with E-state index in [-0.39, 0.29) is 0 Å². The second-order valence-corrected chi connectivity index (χ2v) is 5.79. The molecule has 0 aromatic heterocycles. The van der Waals surface area contributed by atoms with E-state index in [0.717, 1.165) is 32.4 Å². The number of hydrogen-bond donors (Lipinski definition) is 1. The lowest BCUT2D eigenvalue weighted by molar-refractivity contribution is 0.130. The highest BCUT2D eigenvalue weighted by molar-refractivity contribution is 5.03. The number of piperidine rings is 1. The molecule has 1 aliphatic rings. The third kappa shape index (κ3) is 4.56. The third-order valence-corrected chi connectivity index (χ3v) is 4.16. The molecular formula is C14H28N4. The molecule has 0 aromatic rings. The predicted octanol–water partition coefficient (Wildman–Crippen LogP) is 1.42. The van der Waals surface area contributed by atoms with Crippen LogP contribution in [0.25, 0.3) is 0 Å². The van der Waals surface area contributed by atoms with Crippen LogP contribution in [-0.2, 0) is 0 Å². The largest absolute Gasteiger partial charge is 0.313 e. The summed E-state index contributed by atoms with van der Waals surface area (Å²) < 4.78 is 0. The maximum absolute atomic E-state index is 9.04. The Labute approximate surface area is 112 Å². The molecule has 1 rings (SSSR count). The van der Waals surface area contributed by atoms with Crippen LogP contribution in [0.4, 0.5) is 0 Å². The average Bonchev–Trinajstić information content (AvgIpc) is 2.39. The van der Waals surface area contributed by atoms with Gasteiger partial charge in [-0.1, -0.05) is 6.92 Å². The normalized spacial score (nSPS) is 24.8. The lowest BCUT2D eigenvalue weighted by Crippen LogP contribution is -2.46. The molecule has 104 valence electrons. The molecule has 0 saturated carbocycles. The fourth-order valence-electron chi connectivity index (χ4n) is 2.59. The summed E-state index contributed by atoms with van der Waals surface area (Å²) in [5.74, 6) is 0. The van der Waals surface area contributed by atoms with Gasteiger partial charge >= 0.3 is 0 Å². The van der Waals surface area contributed by atoms with Crippen LogP contribution in [0.5, 0.6) is 0 Å². The van der Waals surface area contributed by atoms with Gasteiger partial charge in [-0.3, -0.25) is 0 Å². The fraction of sp³-hybridized carbons (Fsp3) is 0.929. The minimum atomic E-state index is -0.614. The van der Waals surface area contributed by atoms with Crippen LogP contribution in [0.2, 0.25) is 0 Å². The number of nitrogens with zero attached hydrogens (tertiary/aromatic N) is 3. The first kappa shape index (κ1) is 15.4. The van der Waals surface area contributed by atoms with Crippen molar-refractivity contribution in [2.75, 3.05) is 33.7 Å². The Balaban J connectivity index is 2.29. The van der Waals surface area contributed by atoms with Crippen molar-refractivity contribution in [3.63, 3.8) is 0 Å². The van der Waals surface area contributed by atoms with E-state index in [1.165, 1.54) is 19.4 Å². The Morgan fingerprint density at radius 2 is 2.22 bits per heavy atom. The Morgan fingerprint density at radius 1 is 1.50 bits per heavy atom. The molecule has 4 nitrogen and oxygen atoms in total. The molecule has 18 heavy (non-hydrogen) atoms. The Bertz CT molecular complexity index is 284. The highest BCUT2D eigenvalue weighted by atomic mass is 15.2. The van der Waals surface area contributed by atoms with Crippen LogP contribution in [0.1, 0.15) is 39.0 Å². The van der Waals surface area contributed by atoms with Gasteiger partial charge in [0.2, 0.25) is 0 Å². The smallest absolute Gasteiger partial charge is 0.104 e. The van der Waals surface area contributed by atoms with Gasteiger partial charge in [-0.25, -0.2) is 0 Å². The molecule has 0 radical (unpaired) electrons. The number of likely N-dealkylation sites (N-methyl/N-ethyl adjacent to an activating group) is 1. The van der Waals surface area contributed by atoms with Crippen LogP contribution in [0.3, 0.4) is 0 Å². The van der Waals surface area contributed by atoms with E-state index in [1.807, 2.05) is 6.92 Å². The van der Waals surface area contributed by atoms with Gasteiger partial charge in [-0.15, -0.1) is 0 Å². The summed E-state index contributed by atoms with van der Waals surface area (Å²) in [6, 6.07) is 2.93. The van der Waals surface area contributed by atoms with E-state index in [9.17, 15) is 0 Å². The van der Waals surface area contributed by atoms with Crippen molar-refractivity contribution in [2.45, 2.75) is 50.6 Å². The van der Waals surface area contributed by atoms with Gasteiger partial charge < -0.3 is 15.5 Å². The summed E-state index contributed by atoms with van der Waals surface area (Å²) in [6.07, 6.45) is 5.16. The van der Waals surface area contributed by atoms with Crippen molar-refractivity contribution in [3.8, 4) is 6.07 Å².